The topological polar surface area (TPSA) is 92.2 Å². The standard InChI is InChI=1S/C24H23N3O6/c1-29-23-9-7-19-20(26-23)6-4-16(25-19)3-2-10-30-15-18-14-27(24(28)33-18)17-5-8-21-22(13-17)32-12-11-31-21/h2-9,13,18H,10-12,14-15H2,1H3. The molecule has 0 saturated carbocycles. The van der Waals surface area contributed by atoms with Crippen molar-refractivity contribution in [2.45, 2.75) is 6.10 Å². The number of hydrogen-bond acceptors (Lipinski definition) is 8. The van der Waals surface area contributed by atoms with Crippen molar-refractivity contribution in [3.05, 3.63) is 54.2 Å². The monoisotopic (exact) mass is 449 g/mol. The van der Waals surface area contributed by atoms with E-state index in [9.17, 15) is 4.79 Å². The van der Waals surface area contributed by atoms with Crippen molar-refractivity contribution < 1.29 is 28.5 Å². The van der Waals surface area contributed by atoms with E-state index in [-0.39, 0.29) is 6.10 Å². The smallest absolute Gasteiger partial charge is 0.414 e. The Morgan fingerprint density at radius 3 is 2.76 bits per heavy atom. The molecule has 3 aromatic rings. The van der Waals surface area contributed by atoms with Crippen molar-refractivity contribution in [3.63, 3.8) is 0 Å². The number of benzene rings is 1. The molecule has 170 valence electrons. The lowest BCUT2D eigenvalue weighted by Crippen LogP contribution is -2.26. The van der Waals surface area contributed by atoms with E-state index in [4.69, 9.17) is 23.7 Å². The molecule has 33 heavy (non-hydrogen) atoms. The summed E-state index contributed by atoms with van der Waals surface area (Å²) >= 11 is 0. The van der Waals surface area contributed by atoms with Gasteiger partial charge in [0, 0.05) is 12.1 Å². The highest BCUT2D eigenvalue weighted by molar-refractivity contribution is 5.90. The number of aromatic nitrogens is 2. The van der Waals surface area contributed by atoms with Gasteiger partial charge in [0.15, 0.2) is 11.5 Å². The number of methoxy groups -OCH3 is 1. The van der Waals surface area contributed by atoms with E-state index in [2.05, 4.69) is 9.97 Å². The van der Waals surface area contributed by atoms with E-state index in [0.29, 0.717) is 56.0 Å². The average molecular weight is 449 g/mol. The normalized spacial score (nSPS) is 17.5. The lowest BCUT2D eigenvalue weighted by molar-refractivity contribution is 0.0580. The van der Waals surface area contributed by atoms with Gasteiger partial charge in [0.25, 0.3) is 0 Å². The summed E-state index contributed by atoms with van der Waals surface area (Å²) in [4.78, 5) is 22.8. The molecule has 2 aromatic heterocycles. The largest absolute Gasteiger partial charge is 0.486 e. The fourth-order valence-electron chi connectivity index (χ4n) is 3.67. The van der Waals surface area contributed by atoms with Gasteiger partial charge < -0.3 is 23.7 Å². The maximum atomic E-state index is 12.3. The molecule has 0 aliphatic carbocycles. The Bertz CT molecular complexity index is 1200. The summed E-state index contributed by atoms with van der Waals surface area (Å²) in [5, 5.41) is 0. The zero-order valence-corrected chi connectivity index (χ0v) is 18.1. The van der Waals surface area contributed by atoms with Crippen molar-refractivity contribution in [3.8, 4) is 17.4 Å². The van der Waals surface area contributed by atoms with Crippen LogP contribution in [0.2, 0.25) is 0 Å². The fraction of sp³-hybridized carbons (Fsp3) is 0.292. The van der Waals surface area contributed by atoms with E-state index in [1.165, 1.54) is 0 Å². The molecule has 5 rings (SSSR count). The van der Waals surface area contributed by atoms with Crippen molar-refractivity contribution >= 4 is 28.9 Å². The number of fused-ring (bicyclic) bond motifs is 2. The number of carbonyl (C=O) groups excluding carboxylic acids is 1. The zero-order chi connectivity index (χ0) is 22.6. The first kappa shape index (κ1) is 21.0. The molecule has 0 bridgehead atoms. The SMILES string of the molecule is COc1ccc2nc(C=CCOCC3CN(c4ccc5c(c4)OCCO5)C(=O)O3)ccc2n1. The average Bonchev–Trinajstić information content (AvgIpc) is 3.23. The van der Waals surface area contributed by atoms with Crippen LogP contribution in [0.5, 0.6) is 17.4 Å². The summed E-state index contributed by atoms with van der Waals surface area (Å²) in [5.41, 5.74) is 3.07. The van der Waals surface area contributed by atoms with Crippen LogP contribution in [-0.4, -0.2) is 62.2 Å². The maximum absolute atomic E-state index is 12.3. The molecule has 2 aliphatic heterocycles. The second kappa shape index (κ2) is 9.33. The van der Waals surface area contributed by atoms with Crippen molar-refractivity contribution in [1.82, 2.24) is 9.97 Å². The van der Waals surface area contributed by atoms with Crippen LogP contribution >= 0.6 is 0 Å². The highest BCUT2D eigenvalue weighted by atomic mass is 16.6. The fourth-order valence-corrected chi connectivity index (χ4v) is 3.67. The van der Waals surface area contributed by atoms with E-state index in [1.54, 1.807) is 30.2 Å². The van der Waals surface area contributed by atoms with Crippen molar-refractivity contribution in [2.75, 3.05) is 45.0 Å². The second-order valence-electron chi connectivity index (χ2n) is 7.51. The number of pyridine rings is 2. The first-order chi connectivity index (χ1) is 16.2. The van der Waals surface area contributed by atoms with Gasteiger partial charge in [-0.2, -0.15) is 0 Å². The zero-order valence-electron chi connectivity index (χ0n) is 18.1. The number of nitrogens with zero attached hydrogens (tertiary/aromatic N) is 3. The molecular formula is C24H23N3O6. The van der Waals surface area contributed by atoms with Gasteiger partial charge in [-0.15, -0.1) is 0 Å². The number of carbonyl (C=O) groups is 1. The van der Waals surface area contributed by atoms with E-state index in [0.717, 1.165) is 16.7 Å². The summed E-state index contributed by atoms with van der Waals surface area (Å²) in [5.74, 6) is 1.87. The molecule has 1 fully saturated rings. The molecular weight excluding hydrogens is 426 g/mol. The molecule has 1 atom stereocenters. The van der Waals surface area contributed by atoms with Gasteiger partial charge in [-0.05, 0) is 36.4 Å². The summed E-state index contributed by atoms with van der Waals surface area (Å²) in [7, 11) is 1.58. The van der Waals surface area contributed by atoms with E-state index >= 15 is 0 Å². The summed E-state index contributed by atoms with van der Waals surface area (Å²) in [6, 6.07) is 12.9. The van der Waals surface area contributed by atoms with Crippen molar-refractivity contribution in [2.24, 2.45) is 0 Å². The van der Waals surface area contributed by atoms with Crippen LogP contribution in [0.1, 0.15) is 5.69 Å². The predicted octanol–water partition coefficient (Wildman–Crippen LogP) is 3.46. The number of rotatable bonds is 7. The van der Waals surface area contributed by atoms with Gasteiger partial charge >= 0.3 is 6.09 Å². The summed E-state index contributed by atoms with van der Waals surface area (Å²) < 4.78 is 27.4. The van der Waals surface area contributed by atoms with Crippen molar-refractivity contribution in [1.29, 1.82) is 0 Å². The third-order valence-electron chi connectivity index (χ3n) is 5.27. The quantitative estimate of drug-likeness (QED) is 0.507. The first-order valence-corrected chi connectivity index (χ1v) is 10.6. The minimum absolute atomic E-state index is 0.298. The summed E-state index contributed by atoms with van der Waals surface area (Å²) in [6.07, 6.45) is 3.01. The number of hydrogen-bond donors (Lipinski definition) is 0. The Hall–Kier alpha value is -3.85. The Balaban J connectivity index is 1.12. The van der Waals surface area contributed by atoms with Gasteiger partial charge in [-0.1, -0.05) is 6.08 Å². The Kier molecular flexibility index (Phi) is 5.95. The minimum Gasteiger partial charge on any atom is -0.486 e. The van der Waals surface area contributed by atoms with Crippen LogP contribution in [0.4, 0.5) is 10.5 Å². The molecule has 0 N–H and O–H groups in total. The third-order valence-corrected chi connectivity index (χ3v) is 5.27. The molecule has 1 unspecified atom stereocenters. The van der Waals surface area contributed by atoms with E-state index < -0.39 is 6.09 Å². The maximum Gasteiger partial charge on any atom is 0.414 e. The molecule has 9 nitrogen and oxygen atoms in total. The minimum atomic E-state index is -0.401. The molecule has 1 saturated heterocycles. The highest BCUT2D eigenvalue weighted by Gasteiger charge is 2.33. The molecule has 2 aliphatic rings. The van der Waals surface area contributed by atoms with Gasteiger partial charge in [0.1, 0.15) is 19.3 Å². The predicted molar refractivity (Wildman–Crippen MR) is 121 cm³/mol. The van der Waals surface area contributed by atoms with Crippen LogP contribution in [-0.2, 0) is 9.47 Å². The molecule has 1 aromatic carbocycles. The number of ether oxygens (including phenoxy) is 5. The van der Waals surface area contributed by atoms with Crippen LogP contribution in [0, 0.1) is 0 Å². The third kappa shape index (κ3) is 4.68. The Morgan fingerprint density at radius 2 is 1.88 bits per heavy atom. The Labute approximate surface area is 190 Å². The molecule has 4 heterocycles. The summed E-state index contributed by atoms with van der Waals surface area (Å²) in [6.45, 7) is 2.09. The van der Waals surface area contributed by atoms with Gasteiger partial charge in [0.2, 0.25) is 5.88 Å². The number of anilines is 1. The number of cyclic esters (lactones) is 1. The molecule has 1 amide bonds. The molecule has 0 radical (unpaired) electrons. The van der Waals surface area contributed by atoms with E-state index in [1.807, 2.05) is 36.4 Å². The van der Waals surface area contributed by atoms with Crippen LogP contribution in [0.25, 0.3) is 17.1 Å². The first-order valence-electron chi connectivity index (χ1n) is 10.6. The second-order valence-corrected chi connectivity index (χ2v) is 7.51. The molecule has 9 heteroatoms. The van der Waals surface area contributed by atoms with Crippen LogP contribution < -0.4 is 19.1 Å². The lowest BCUT2D eigenvalue weighted by Gasteiger charge is -2.20. The Morgan fingerprint density at radius 1 is 1.06 bits per heavy atom. The highest BCUT2D eigenvalue weighted by Crippen LogP contribution is 2.35. The van der Waals surface area contributed by atoms with Gasteiger partial charge in [-0.25, -0.2) is 14.8 Å². The van der Waals surface area contributed by atoms with Crippen LogP contribution in [0.3, 0.4) is 0 Å². The lowest BCUT2D eigenvalue weighted by atomic mass is 10.2. The van der Waals surface area contributed by atoms with Gasteiger partial charge in [0.05, 0.1) is 49.3 Å². The number of amides is 1. The van der Waals surface area contributed by atoms with Crippen LogP contribution in [0.15, 0.2) is 48.5 Å². The molecule has 0 spiro atoms. The van der Waals surface area contributed by atoms with Gasteiger partial charge in [-0.3, -0.25) is 4.90 Å².